The fraction of sp³-hybridized carbons (Fsp3) is 0.368. The van der Waals surface area contributed by atoms with Gasteiger partial charge >= 0.3 is 0 Å². The number of nitrogens with one attached hydrogen (secondary N) is 1. The Morgan fingerprint density at radius 2 is 2.12 bits per heavy atom. The molecular formula is C19H24N6O. The molecule has 0 radical (unpaired) electrons. The Hall–Kier alpha value is -2.80. The number of nitrogens with zero attached hydrogens (tertiary/aromatic N) is 4. The number of nitrogens with two attached hydrogens (primary N) is 1. The van der Waals surface area contributed by atoms with Gasteiger partial charge in [-0.25, -0.2) is 4.68 Å². The van der Waals surface area contributed by atoms with Crippen LogP contribution >= 0.6 is 0 Å². The van der Waals surface area contributed by atoms with Gasteiger partial charge in [0.05, 0.1) is 22.4 Å². The lowest BCUT2D eigenvalue weighted by atomic mass is 9.88. The molecular weight excluding hydrogens is 328 g/mol. The molecule has 0 saturated carbocycles. The molecule has 0 aliphatic carbocycles. The number of benzene rings is 1. The molecule has 7 heteroatoms. The lowest BCUT2D eigenvalue weighted by molar-refractivity contribution is 0.0877. The van der Waals surface area contributed by atoms with Gasteiger partial charge in [0.15, 0.2) is 5.69 Å². The highest BCUT2D eigenvalue weighted by atomic mass is 16.2. The van der Waals surface area contributed by atoms with E-state index in [1.54, 1.807) is 10.9 Å². The first-order valence-corrected chi connectivity index (χ1v) is 8.66. The first kappa shape index (κ1) is 18.0. The zero-order valence-electron chi connectivity index (χ0n) is 15.5. The summed E-state index contributed by atoms with van der Waals surface area (Å²) in [5, 5.41) is 12.3. The summed E-state index contributed by atoms with van der Waals surface area (Å²) in [6.07, 6.45) is 1.76. The van der Waals surface area contributed by atoms with Crippen molar-refractivity contribution in [1.29, 1.82) is 0 Å². The van der Waals surface area contributed by atoms with Gasteiger partial charge in [-0.1, -0.05) is 25.1 Å². The van der Waals surface area contributed by atoms with E-state index in [-0.39, 0.29) is 11.8 Å². The summed E-state index contributed by atoms with van der Waals surface area (Å²) in [5.74, 6) is -0.0716. The van der Waals surface area contributed by atoms with Gasteiger partial charge in [0.25, 0.3) is 5.91 Å². The van der Waals surface area contributed by atoms with E-state index in [1.807, 2.05) is 58.0 Å². The number of pyridine rings is 1. The summed E-state index contributed by atoms with van der Waals surface area (Å²) in [6, 6.07) is 9.69. The second-order valence-corrected chi connectivity index (χ2v) is 7.05. The van der Waals surface area contributed by atoms with Crippen molar-refractivity contribution in [2.75, 3.05) is 6.54 Å². The summed E-state index contributed by atoms with van der Waals surface area (Å²) in [5.41, 5.74) is 8.08. The van der Waals surface area contributed by atoms with Crippen LogP contribution in [0.5, 0.6) is 0 Å². The molecule has 0 aliphatic rings. The minimum atomic E-state index is -0.498. The number of aromatic nitrogens is 4. The maximum absolute atomic E-state index is 12.7. The predicted octanol–water partition coefficient (Wildman–Crippen LogP) is 2.23. The van der Waals surface area contributed by atoms with E-state index in [0.29, 0.717) is 17.9 Å². The molecule has 0 saturated heterocycles. The van der Waals surface area contributed by atoms with Gasteiger partial charge in [-0.2, -0.15) is 0 Å². The molecule has 3 rings (SSSR count). The molecule has 0 bridgehead atoms. The van der Waals surface area contributed by atoms with Gasteiger partial charge in [0.2, 0.25) is 0 Å². The smallest absolute Gasteiger partial charge is 0.274 e. The summed E-state index contributed by atoms with van der Waals surface area (Å²) >= 11 is 0. The Morgan fingerprint density at radius 3 is 2.81 bits per heavy atom. The molecule has 7 nitrogen and oxygen atoms in total. The average molecular weight is 352 g/mol. The van der Waals surface area contributed by atoms with Crippen molar-refractivity contribution < 1.29 is 4.79 Å². The Morgan fingerprint density at radius 1 is 1.35 bits per heavy atom. The first-order chi connectivity index (χ1) is 12.4. The van der Waals surface area contributed by atoms with Gasteiger partial charge in [-0.3, -0.25) is 9.78 Å². The van der Waals surface area contributed by atoms with E-state index >= 15 is 0 Å². The van der Waals surface area contributed by atoms with Crippen LogP contribution in [-0.4, -0.2) is 38.0 Å². The van der Waals surface area contributed by atoms with Crippen LogP contribution in [0.25, 0.3) is 16.6 Å². The lowest BCUT2D eigenvalue weighted by Gasteiger charge is -2.33. The monoisotopic (exact) mass is 352 g/mol. The van der Waals surface area contributed by atoms with Crippen LogP contribution in [0.15, 0.2) is 36.5 Å². The normalized spacial score (nSPS) is 13.8. The van der Waals surface area contributed by atoms with Crippen LogP contribution in [0.2, 0.25) is 0 Å². The molecule has 1 unspecified atom stereocenters. The van der Waals surface area contributed by atoms with Crippen LogP contribution in [0.3, 0.4) is 0 Å². The van der Waals surface area contributed by atoms with E-state index in [4.69, 9.17) is 5.73 Å². The van der Waals surface area contributed by atoms with Crippen molar-refractivity contribution in [3.63, 3.8) is 0 Å². The Bertz CT molecular complexity index is 948. The molecule has 1 amide bonds. The van der Waals surface area contributed by atoms with E-state index < -0.39 is 5.54 Å². The second kappa shape index (κ2) is 6.84. The largest absolute Gasteiger partial charge is 0.344 e. The number of fused-ring (bicyclic) bond motifs is 1. The van der Waals surface area contributed by atoms with Crippen LogP contribution in [-0.2, 0) is 0 Å². The van der Waals surface area contributed by atoms with Crippen LogP contribution in [0, 0.1) is 12.8 Å². The average Bonchev–Trinajstić information content (AvgIpc) is 3.02. The summed E-state index contributed by atoms with van der Waals surface area (Å²) in [7, 11) is 0. The maximum Gasteiger partial charge on any atom is 0.274 e. The number of amides is 1. The van der Waals surface area contributed by atoms with Crippen molar-refractivity contribution in [3.05, 3.63) is 47.9 Å². The summed E-state index contributed by atoms with van der Waals surface area (Å²) in [6.45, 7) is 8.17. The quantitative estimate of drug-likeness (QED) is 0.733. The van der Waals surface area contributed by atoms with Crippen LogP contribution < -0.4 is 11.1 Å². The highest BCUT2D eigenvalue weighted by molar-refractivity contribution is 5.94. The van der Waals surface area contributed by atoms with E-state index in [9.17, 15) is 4.79 Å². The molecule has 0 aliphatic heterocycles. The summed E-state index contributed by atoms with van der Waals surface area (Å²) in [4.78, 5) is 17.0. The molecule has 0 fully saturated rings. The molecule has 2 heterocycles. The predicted molar refractivity (Wildman–Crippen MR) is 101 cm³/mol. The number of hydrogen-bond donors (Lipinski definition) is 2. The standard InChI is InChI=1S/C19H24N6O/c1-12(2)19(4,11-20)22-18(26)17-13(3)25(24-23-17)15-7-8-16-14(10-15)6-5-9-21-16/h5-10,12H,11,20H2,1-4H3,(H,22,26). The van der Waals surface area contributed by atoms with Crippen LogP contribution in [0.4, 0.5) is 0 Å². The van der Waals surface area contributed by atoms with Gasteiger partial charge < -0.3 is 11.1 Å². The Balaban J connectivity index is 1.93. The minimum Gasteiger partial charge on any atom is -0.344 e. The highest BCUT2D eigenvalue weighted by Crippen LogP contribution is 2.20. The van der Waals surface area contributed by atoms with E-state index in [1.165, 1.54) is 0 Å². The lowest BCUT2D eigenvalue weighted by Crippen LogP contribution is -2.55. The topological polar surface area (TPSA) is 98.7 Å². The number of carbonyl (C=O) groups is 1. The van der Waals surface area contributed by atoms with Crippen molar-refractivity contribution in [3.8, 4) is 5.69 Å². The molecule has 3 aromatic rings. The highest BCUT2D eigenvalue weighted by Gasteiger charge is 2.30. The molecule has 136 valence electrons. The van der Waals surface area contributed by atoms with Gasteiger partial charge in [0, 0.05) is 18.1 Å². The minimum absolute atomic E-state index is 0.194. The third-order valence-corrected chi connectivity index (χ3v) is 5.04. The van der Waals surface area contributed by atoms with E-state index in [2.05, 4.69) is 20.6 Å². The molecule has 26 heavy (non-hydrogen) atoms. The Kier molecular flexibility index (Phi) is 4.73. The number of carbonyl (C=O) groups excluding carboxylic acids is 1. The molecule has 1 aromatic carbocycles. The van der Waals surface area contributed by atoms with E-state index in [0.717, 1.165) is 16.6 Å². The number of rotatable bonds is 5. The second-order valence-electron chi connectivity index (χ2n) is 7.05. The fourth-order valence-electron chi connectivity index (χ4n) is 2.73. The summed E-state index contributed by atoms with van der Waals surface area (Å²) < 4.78 is 1.66. The molecule has 3 N–H and O–H groups in total. The fourth-order valence-corrected chi connectivity index (χ4v) is 2.73. The third kappa shape index (κ3) is 3.17. The Labute approximate surface area is 152 Å². The molecule has 2 aromatic heterocycles. The maximum atomic E-state index is 12.7. The van der Waals surface area contributed by atoms with Crippen molar-refractivity contribution in [1.82, 2.24) is 25.3 Å². The molecule has 1 atom stereocenters. The van der Waals surface area contributed by atoms with Gasteiger partial charge in [0.1, 0.15) is 0 Å². The van der Waals surface area contributed by atoms with Crippen molar-refractivity contribution in [2.24, 2.45) is 11.7 Å². The zero-order chi connectivity index (χ0) is 18.9. The number of hydrogen-bond acceptors (Lipinski definition) is 5. The van der Waals surface area contributed by atoms with Crippen molar-refractivity contribution >= 4 is 16.8 Å². The SMILES string of the molecule is Cc1c(C(=O)NC(C)(CN)C(C)C)nnn1-c1ccc2ncccc2c1. The molecule has 0 spiro atoms. The van der Waals surface area contributed by atoms with Crippen LogP contribution in [0.1, 0.15) is 37.0 Å². The van der Waals surface area contributed by atoms with Gasteiger partial charge in [-0.05, 0) is 44.0 Å². The van der Waals surface area contributed by atoms with Crippen molar-refractivity contribution in [2.45, 2.75) is 33.2 Å². The third-order valence-electron chi connectivity index (χ3n) is 5.04. The zero-order valence-corrected chi connectivity index (χ0v) is 15.5. The first-order valence-electron chi connectivity index (χ1n) is 8.66. The van der Waals surface area contributed by atoms with Gasteiger partial charge in [-0.15, -0.1) is 5.10 Å².